The Morgan fingerprint density at radius 1 is 1.41 bits per heavy atom. The minimum absolute atomic E-state index is 0.0312. The van der Waals surface area contributed by atoms with Gasteiger partial charge < -0.3 is 5.32 Å². The first kappa shape index (κ1) is 10.8. The zero-order valence-electron chi connectivity index (χ0n) is 8.92. The van der Waals surface area contributed by atoms with E-state index in [1.165, 1.54) is 21.8 Å². The number of thiazole rings is 1. The zero-order chi connectivity index (χ0) is 11.7. The Bertz CT molecular complexity index is 514. The third kappa shape index (κ3) is 2.21. The molecule has 0 saturated heterocycles. The van der Waals surface area contributed by atoms with E-state index in [0.29, 0.717) is 5.13 Å². The number of amides is 1. The number of carbonyl (C=O) groups excluding carboxylic acids is 1. The molecule has 1 N–H and O–H groups in total. The van der Waals surface area contributed by atoms with Crippen molar-refractivity contribution in [3.8, 4) is 0 Å². The molecule has 1 amide bonds. The van der Waals surface area contributed by atoms with Gasteiger partial charge in [0, 0.05) is 16.5 Å². The van der Waals surface area contributed by atoms with Crippen molar-refractivity contribution in [3.63, 3.8) is 0 Å². The topological polar surface area (TPSA) is 42.0 Å². The lowest BCUT2D eigenvalue weighted by molar-refractivity contribution is -0.115. The standard InChI is InChI=1S/C12H10N2OS2/c15-11(14-12-13-5-6-16-12)10-7-8-3-1-2-4-9(8)17-10/h1-6,10H,7H2,(H,13,14,15)/t10-/m1/s1. The summed E-state index contributed by atoms with van der Waals surface area (Å²) in [5.41, 5.74) is 1.26. The van der Waals surface area contributed by atoms with Gasteiger partial charge in [-0.2, -0.15) is 0 Å². The molecule has 2 heterocycles. The Morgan fingerprint density at radius 3 is 3.06 bits per heavy atom. The molecule has 0 fully saturated rings. The van der Waals surface area contributed by atoms with Crippen LogP contribution in [-0.4, -0.2) is 16.1 Å². The molecular weight excluding hydrogens is 252 g/mol. The molecule has 1 aliphatic rings. The fourth-order valence-electron chi connectivity index (χ4n) is 1.80. The molecule has 0 bridgehead atoms. The van der Waals surface area contributed by atoms with Crippen molar-refractivity contribution in [1.82, 2.24) is 4.98 Å². The van der Waals surface area contributed by atoms with Gasteiger partial charge in [-0.15, -0.1) is 23.1 Å². The Morgan fingerprint density at radius 2 is 2.29 bits per heavy atom. The second-order valence-corrected chi connectivity index (χ2v) is 5.88. The molecule has 0 aliphatic carbocycles. The van der Waals surface area contributed by atoms with Crippen LogP contribution >= 0.6 is 23.1 Å². The quantitative estimate of drug-likeness (QED) is 0.905. The summed E-state index contributed by atoms with van der Waals surface area (Å²) < 4.78 is 0. The molecule has 17 heavy (non-hydrogen) atoms. The lowest BCUT2D eigenvalue weighted by Gasteiger charge is -2.06. The summed E-state index contributed by atoms with van der Waals surface area (Å²) in [6.45, 7) is 0. The first-order valence-electron chi connectivity index (χ1n) is 5.28. The maximum atomic E-state index is 12.0. The molecule has 3 rings (SSSR count). The Labute approximate surface area is 107 Å². The third-order valence-electron chi connectivity index (χ3n) is 2.60. The van der Waals surface area contributed by atoms with Gasteiger partial charge in [0.15, 0.2) is 5.13 Å². The number of nitrogens with zero attached hydrogens (tertiary/aromatic N) is 1. The summed E-state index contributed by atoms with van der Waals surface area (Å²) in [6, 6.07) is 8.17. The number of rotatable bonds is 2. The summed E-state index contributed by atoms with van der Waals surface area (Å²) in [6.07, 6.45) is 2.49. The number of nitrogens with one attached hydrogen (secondary N) is 1. The first-order chi connectivity index (χ1) is 8.33. The van der Waals surface area contributed by atoms with Crippen molar-refractivity contribution in [3.05, 3.63) is 41.4 Å². The van der Waals surface area contributed by atoms with Crippen molar-refractivity contribution in [1.29, 1.82) is 0 Å². The molecule has 1 aliphatic heterocycles. The van der Waals surface area contributed by atoms with E-state index in [0.717, 1.165) is 6.42 Å². The number of thioether (sulfide) groups is 1. The highest BCUT2D eigenvalue weighted by Crippen LogP contribution is 2.37. The maximum absolute atomic E-state index is 12.0. The van der Waals surface area contributed by atoms with E-state index in [2.05, 4.69) is 22.4 Å². The fraction of sp³-hybridized carbons (Fsp3) is 0.167. The molecule has 86 valence electrons. The highest BCUT2D eigenvalue weighted by atomic mass is 32.2. The average Bonchev–Trinajstić information content (AvgIpc) is 2.96. The molecule has 5 heteroatoms. The predicted molar refractivity (Wildman–Crippen MR) is 70.5 cm³/mol. The van der Waals surface area contributed by atoms with Gasteiger partial charge in [-0.25, -0.2) is 4.98 Å². The summed E-state index contributed by atoms with van der Waals surface area (Å²) >= 11 is 3.07. The van der Waals surface area contributed by atoms with Gasteiger partial charge in [0.25, 0.3) is 0 Å². The number of hydrogen-bond acceptors (Lipinski definition) is 4. The van der Waals surface area contributed by atoms with Crippen LogP contribution in [0.15, 0.2) is 40.7 Å². The van der Waals surface area contributed by atoms with Crippen LogP contribution in [-0.2, 0) is 11.2 Å². The Kier molecular flexibility index (Phi) is 2.86. The normalized spacial score (nSPS) is 17.8. The second-order valence-electron chi connectivity index (χ2n) is 3.74. The molecule has 1 aromatic carbocycles. The molecule has 2 aromatic rings. The summed E-state index contributed by atoms with van der Waals surface area (Å²) in [5, 5.41) is 5.34. The maximum Gasteiger partial charge on any atom is 0.239 e. The lowest BCUT2D eigenvalue weighted by atomic mass is 10.1. The van der Waals surface area contributed by atoms with Gasteiger partial charge in [0.2, 0.25) is 5.91 Å². The van der Waals surface area contributed by atoms with Crippen LogP contribution in [0.2, 0.25) is 0 Å². The van der Waals surface area contributed by atoms with E-state index < -0.39 is 0 Å². The van der Waals surface area contributed by atoms with E-state index in [-0.39, 0.29) is 11.2 Å². The average molecular weight is 262 g/mol. The van der Waals surface area contributed by atoms with Crippen LogP contribution in [0.1, 0.15) is 5.56 Å². The molecule has 1 atom stereocenters. The number of aromatic nitrogens is 1. The molecular formula is C12H10N2OS2. The van der Waals surface area contributed by atoms with E-state index in [1.807, 2.05) is 17.5 Å². The minimum atomic E-state index is -0.0312. The molecule has 0 radical (unpaired) electrons. The van der Waals surface area contributed by atoms with Gasteiger partial charge >= 0.3 is 0 Å². The van der Waals surface area contributed by atoms with Crippen molar-refractivity contribution in [2.24, 2.45) is 0 Å². The molecule has 0 saturated carbocycles. The summed E-state index contributed by atoms with van der Waals surface area (Å²) in [5.74, 6) is 0.0427. The fourth-order valence-corrected chi connectivity index (χ4v) is 3.53. The van der Waals surface area contributed by atoms with Gasteiger partial charge in [-0.3, -0.25) is 4.79 Å². The number of fused-ring (bicyclic) bond motifs is 1. The molecule has 3 nitrogen and oxygen atoms in total. The van der Waals surface area contributed by atoms with Crippen LogP contribution in [0.25, 0.3) is 0 Å². The van der Waals surface area contributed by atoms with Crippen LogP contribution in [0.4, 0.5) is 5.13 Å². The van der Waals surface area contributed by atoms with Gasteiger partial charge in [0.05, 0.1) is 5.25 Å². The number of benzene rings is 1. The third-order valence-corrected chi connectivity index (χ3v) is 4.61. The summed E-state index contributed by atoms with van der Waals surface area (Å²) in [7, 11) is 0. The van der Waals surface area contributed by atoms with E-state index in [9.17, 15) is 4.79 Å². The smallest absolute Gasteiger partial charge is 0.239 e. The number of hydrogen-bond donors (Lipinski definition) is 1. The van der Waals surface area contributed by atoms with Gasteiger partial charge in [-0.05, 0) is 18.1 Å². The first-order valence-corrected chi connectivity index (χ1v) is 7.04. The molecule has 1 aromatic heterocycles. The highest BCUT2D eigenvalue weighted by Gasteiger charge is 2.28. The van der Waals surface area contributed by atoms with E-state index in [4.69, 9.17) is 0 Å². The van der Waals surface area contributed by atoms with E-state index in [1.54, 1.807) is 18.0 Å². The van der Waals surface area contributed by atoms with Gasteiger partial charge in [0.1, 0.15) is 0 Å². The van der Waals surface area contributed by atoms with Crippen molar-refractivity contribution in [2.45, 2.75) is 16.6 Å². The molecule has 0 unspecified atom stereocenters. The van der Waals surface area contributed by atoms with Gasteiger partial charge in [-0.1, -0.05) is 18.2 Å². The largest absolute Gasteiger partial charge is 0.301 e. The van der Waals surface area contributed by atoms with Crippen molar-refractivity contribution in [2.75, 3.05) is 5.32 Å². The predicted octanol–water partition coefficient (Wildman–Crippen LogP) is 2.80. The summed E-state index contributed by atoms with van der Waals surface area (Å²) in [4.78, 5) is 17.3. The van der Waals surface area contributed by atoms with Crippen LogP contribution in [0.3, 0.4) is 0 Å². The van der Waals surface area contributed by atoms with Crippen LogP contribution in [0, 0.1) is 0 Å². The Hall–Kier alpha value is -1.33. The zero-order valence-corrected chi connectivity index (χ0v) is 10.6. The van der Waals surface area contributed by atoms with Crippen molar-refractivity contribution >= 4 is 34.1 Å². The number of carbonyl (C=O) groups is 1. The number of anilines is 1. The lowest BCUT2D eigenvalue weighted by Crippen LogP contribution is -2.24. The minimum Gasteiger partial charge on any atom is -0.301 e. The second kappa shape index (κ2) is 4.50. The monoisotopic (exact) mass is 262 g/mol. The van der Waals surface area contributed by atoms with Crippen molar-refractivity contribution < 1.29 is 4.79 Å². The molecule has 0 spiro atoms. The van der Waals surface area contributed by atoms with Crippen LogP contribution in [0.5, 0.6) is 0 Å². The Balaban J connectivity index is 1.70. The van der Waals surface area contributed by atoms with E-state index >= 15 is 0 Å². The SMILES string of the molecule is O=C(Nc1nccs1)[C@H]1Cc2ccccc2S1. The van der Waals surface area contributed by atoms with Crippen LogP contribution < -0.4 is 5.32 Å². The highest BCUT2D eigenvalue weighted by molar-refractivity contribution is 8.01.